The monoisotopic (exact) mass is 478 g/mol. The van der Waals surface area contributed by atoms with Crippen molar-refractivity contribution in [3.8, 4) is 5.75 Å². The Morgan fingerprint density at radius 1 is 1.03 bits per heavy atom. The third kappa shape index (κ3) is 3.96. The second-order valence-corrected chi connectivity index (χ2v) is 11.2. The molecule has 0 bridgehead atoms. The minimum Gasteiger partial charge on any atom is -0.495 e. The lowest BCUT2D eigenvalue weighted by Crippen LogP contribution is -2.47. The topological polar surface area (TPSA) is 102 Å². The van der Waals surface area contributed by atoms with Gasteiger partial charge in [-0.15, -0.1) is 0 Å². The van der Waals surface area contributed by atoms with E-state index < -0.39 is 15.8 Å². The highest BCUT2D eigenvalue weighted by Gasteiger charge is 2.48. The molecule has 9 nitrogen and oxygen atoms in total. The molecule has 180 valence electrons. The van der Waals surface area contributed by atoms with Crippen LogP contribution < -0.4 is 4.74 Å². The summed E-state index contributed by atoms with van der Waals surface area (Å²) in [5.41, 5.74) is 0.589. The van der Waals surface area contributed by atoms with Gasteiger partial charge in [0.05, 0.1) is 38.7 Å². The molecule has 0 radical (unpaired) electrons. The van der Waals surface area contributed by atoms with Crippen LogP contribution in [0.4, 0.5) is 0 Å². The zero-order valence-electron chi connectivity index (χ0n) is 18.8. The zero-order valence-corrected chi connectivity index (χ0v) is 19.6. The second kappa shape index (κ2) is 8.65. The maximum atomic E-state index is 13.5. The van der Waals surface area contributed by atoms with Gasteiger partial charge in [-0.25, -0.2) is 8.42 Å². The van der Waals surface area contributed by atoms with Crippen LogP contribution in [0.1, 0.15) is 44.1 Å². The summed E-state index contributed by atoms with van der Waals surface area (Å²) in [5, 5.41) is 0. The lowest BCUT2D eigenvalue weighted by atomic mass is 9.81. The molecule has 4 aliphatic rings. The molecule has 0 aromatic heterocycles. The Labute approximate surface area is 194 Å². The number of carbonyl (C=O) groups excluding carboxylic acids is 2. The maximum absolute atomic E-state index is 13.5. The van der Waals surface area contributed by atoms with Crippen LogP contribution >= 0.6 is 0 Å². The van der Waals surface area contributed by atoms with Gasteiger partial charge in [-0.2, -0.15) is 4.31 Å². The highest BCUT2D eigenvalue weighted by atomic mass is 32.2. The Morgan fingerprint density at radius 2 is 1.64 bits per heavy atom. The zero-order chi connectivity index (χ0) is 23.2. The third-order valence-corrected chi connectivity index (χ3v) is 9.34. The number of methoxy groups -OCH3 is 1. The molecule has 2 amide bonds. The lowest BCUT2D eigenvalue weighted by molar-refractivity contribution is -0.179. The standard InChI is InChI=1S/C23H30N2O7S/c1-30-19-7-6-16(15-25-21(26)17-4-2-3-5-18(17)22(25)27)14-20(19)33(28,29)24-10-8-23(9-11-24)31-12-13-32-23/h6-7,14,17-18H,2-5,8-13,15H2,1H3/t17-,18-/m1/s1. The number of hydrogen-bond donors (Lipinski definition) is 0. The highest BCUT2D eigenvalue weighted by Crippen LogP contribution is 2.39. The molecule has 1 aromatic carbocycles. The number of rotatable bonds is 5. The van der Waals surface area contributed by atoms with Crippen molar-refractivity contribution < 1.29 is 32.2 Å². The molecule has 1 saturated carbocycles. The first kappa shape index (κ1) is 22.8. The van der Waals surface area contributed by atoms with Crippen LogP contribution in [0.2, 0.25) is 0 Å². The molecule has 3 saturated heterocycles. The van der Waals surface area contributed by atoms with Crippen LogP contribution in [0, 0.1) is 11.8 Å². The van der Waals surface area contributed by atoms with E-state index in [-0.39, 0.29) is 53.9 Å². The van der Waals surface area contributed by atoms with Gasteiger partial charge in [-0.05, 0) is 30.5 Å². The summed E-state index contributed by atoms with van der Waals surface area (Å²) in [4.78, 5) is 27.1. The Bertz CT molecular complexity index is 1020. The van der Waals surface area contributed by atoms with Crippen molar-refractivity contribution in [2.75, 3.05) is 33.4 Å². The summed E-state index contributed by atoms with van der Waals surface area (Å²) in [6.07, 6.45) is 4.36. The summed E-state index contributed by atoms with van der Waals surface area (Å²) >= 11 is 0. The molecule has 0 unspecified atom stereocenters. The minimum absolute atomic E-state index is 0.0446. The van der Waals surface area contributed by atoms with E-state index in [9.17, 15) is 18.0 Å². The van der Waals surface area contributed by atoms with E-state index in [0.717, 1.165) is 25.7 Å². The van der Waals surface area contributed by atoms with Crippen molar-refractivity contribution in [3.05, 3.63) is 23.8 Å². The fourth-order valence-electron chi connectivity index (χ4n) is 5.58. The second-order valence-electron chi connectivity index (χ2n) is 9.26. The van der Waals surface area contributed by atoms with Gasteiger partial charge >= 0.3 is 0 Å². The molecule has 1 aromatic rings. The number of likely N-dealkylation sites (tertiary alicyclic amines) is 1. The van der Waals surface area contributed by atoms with E-state index in [4.69, 9.17) is 14.2 Å². The summed E-state index contributed by atoms with van der Waals surface area (Å²) in [5.74, 6) is -1.17. The summed E-state index contributed by atoms with van der Waals surface area (Å²) in [6.45, 7) is 1.68. The molecular weight excluding hydrogens is 448 g/mol. The van der Waals surface area contributed by atoms with E-state index >= 15 is 0 Å². The Balaban J connectivity index is 1.37. The molecule has 4 fully saturated rings. The van der Waals surface area contributed by atoms with Crippen LogP contribution in [0.5, 0.6) is 5.75 Å². The van der Waals surface area contributed by atoms with E-state index in [0.29, 0.717) is 31.6 Å². The number of ether oxygens (including phenoxy) is 3. The van der Waals surface area contributed by atoms with Crippen molar-refractivity contribution in [1.29, 1.82) is 0 Å². The number of fused-ring (bicyclic) bond motifs is 1. The van der Waals surface area contributed by atoms with Crippen LogP contribution in [-0.4, -0.2) is 68.6 Å². The van der Waals surface area contributed by atoms with Gasteiger partial charge in [0.25, 0.3) is 0 Å². The van der Waals surface area contributed by atoms with Crippen LogP contribution in [-0.2, 0) is 35.6 Å². The molecule has 0 N–H and O–H groups in total. The van der Waals surface area contributed by atoms with Gasteiger partial charge in [-0.3, -0.25) is 14.5 Å². The van der Waals surface area contributed by atoms with Crippen molar-refractivity contribution in [3.63, 3.8) is 0 Å². The molecule has 10 heteroatoms. The van der Waals surface area contributed by atoms with E-state index in [2.05, 4.69) is 0 Å². The first-order valence-corrected chi connectivity index (χ1v) is 13.1. The number of amides is 2. The predicted octanol–water partition coefficient (Wildman–Crippen LogP) is 1.90. The fraction of sp³-hybridized carbons (Fsp3) is 0.652. The predicted molar refractivity (Wildman–Crippen MR) is 117 cm³/mol. The van der Waals surface area contributed by atoms with Crippen molar-refractivity contribution in [2.24, 2.45) is 11.8 Å². The van der Waals surface area contributed by atoms with Crippen LogP contribution in [0.25, 0.3) is 0 Å². The molecule has 1 spiro atoms. The molecule has 3 heterocycles. The van der Waals surface area contributed by atoms with Gasteiger partial charge in [0.1, 0.15) is 10.6 Å². The Morgan fingerprint density at radius 3 is 2.21 bits per heavy atom. The van der Waals surface area contributed by atoms with Gasteiger partial charge in [0.2, 0.25) is 21.8 Å². The summed E-state index contributed by atoms with van der Waals surface area (Å²) in [7, 11) is -2.42. The molecule has 5 rings (SSSR count). The first-order valence-electron chi connectivity index (χ1n) is 11.6. The van der Waals surface area contributed by atoms with Gasteiger partial charge < -0.3 is 14.2 Å². The Hall–Kier alpha value is -2.01. The summed E-state index contributed by atoms with van der Waals surface area (Å²) < 4.78 is 45.2. The number of benzene rings is 1. The fourth-order valence-corrected chi connectivity index (χ4v) is 7.23. The largest absolute Gasteiger partial charge is 0.495 e. The minimum atomic E-state index is -3.85. The van der Waals surface area contributed by atoms with Crippen molar-refractivity contribution >= 4 is 21.8 Å². The van der Waals surface area contributed by atoms with Crippen molar-refractivity contribution in [2.45, 2.75) is 55.8 Å². The SMILES string of the molecule is COc1ccc(CN2C(=O)[C@@H]3CCCC[C@H]3C2=O)cc1S(=O)(=O)N1CCC2(CC1)OCCO2. The smallest absolute Gasteiger partial charge is 0.246 e. The third-order valence-electron chi connectivity index (χ3n) is 7.42. The molecule has 3 aliphatic heterocycles. The number of sulfonamides is 1. The van der Waals surface area contributed by atoms with Gasteiger partial charge in [0.15, 0.2) is 5.79 Å². The van der Waals surface area contributed by atoms with Crippen LogP contribution in [0.15, 0.2) is 23.1 Å². The van der Waals surface area contributed by atoms with Gasteiger partial charge in [-0.1, -0.05) is 18.9 Å². The average Bonchev–Trinajstić information content (AvgIpc) is 3.38. The molecule has 1 aliphatic carbocycles. The maximum Gasteiger partial charge on any atom is 0.246 e. The molecular formula is C23H30N2O7S. The molecule has 33 heavy (non-hydrogen) atoms. The number of piperidine rings is 1. The lowest BCUT2D eigenvalue weighted by Gasteiger charge is -2.37. The normalized spacial score (nSPS) is 27.8. The summed E-state index contributed by atoms with van der Waals surface area (Å²) in [6, 6.07) is 4.84. The first-order chi connectivity index (χ1) is 15.8. The van der Waals surface area contributed by atoms with E-state index in [1.807, 2.05) is 0 Å². The quantitative estimate of drug-likeness (QED) is 0.596. The van der Waals surface area contributed by atoms with Gasteiger partial charge in [0, 0.05) is 25.9 Å². The average molecular weight is 479 g/mol. The highest BCUT2D eigenvalue weighted by molar-refractivity contribution is 7.89. The van der Waals surface area contributed by atoms with E-state index in [1.54, 1.807) is 12.1 Å². The number of imide groups is 1. The molecule has 2 atom stereocenters. The Kier molecular flexibility index (Phi) is 5.97. The van der Waals surface area contributed by atoms with Crippen LogP contribution in [0.3, 0.4) is 0 Å². The van der Waals surface area contributed by atoms with Crippen molar-refractivity contribution in [1.82, 2.24) is 9.21 Å². The van der Waals surface area contributed by atoms with E-state index in [1.165, 1.54) is 22.4 Å². The number of hydrogen-bond acceptors (Lipinski definition) is 7. The number of carbonyl (C=O) groups is 2. The number of nitrogens with zero attached hydrogens (tertiary/aromatic N) is 2.